The van der Waals surface area contributed by atoms with Crippen LogP contribution in [0.15, 0.2) is 17.5 Å². The van der Waals surface area contributed by atoms with Gasteiger partial charge in [-0.05, 0) is 24.3 Å². The van der Waals surface area contributed by atoms with E-state index < -0.39 is 0 Å². The van der Waals surface area contributed by atoms with E-state index in [1.54, 1.807) is 12.1 Å². The van der Waals surface area contributed by atoms with E-state index in [1.165, 1.54) is 11.3 Å². The molecule has 1 fully saturated rings. The van der Waals surface area contributed by atoms with Crippen molar-refractivity contribution in [3.8, 4) is 0 Å². The minimum atomic E-state index is -0.288. The summed E-state index contributed by atoms with van der Waals surface area (Å²) in [5.41, 5.74) is 10.6. The predicted molar refractivity (Wildman–Crippen MR) is 73.6 cm³/mol. The first-order chi connectivity index (χ1) is 9.15. The summed E-state index contributed by atoms with van der Waals surface area (Å²) in [6.45, 7) is 1.94. The van der Waals surface area contributed by atoms with Crippen LogP contribution in [-0.4, -0.2) is 42.4 Å². The lowest BCUT2D eigenvalue weighted by atomic mass is 10.1. The number of nitrogens with zero attached hydrogens (tertiary/aromatic N) is 1. The van der Waals surface area contributed by atoms with Crippen LogP contribution >= 0.6 is 11.3 Å². The third kappa shape index (κ3) is 4.30. The number of hydrazine groups is 1. The number of likely N-dealkylation sites (tertiary alicyclic amines) is 1. The maximum atomic E-state index is 11.7. The van der Waals surface area contributed by atoms with Crippen LogP contribution in [0.4, 0.5) is 0 Å². The summed E-state index contributed by atoms with van der Waals surface area (Å²) in [6.07, 6.45) is 1.82. The second kappa shape index (κ2) is 6.65. The zero-order valence-electron chi connectivity index (χ0n) is 10.6. The second-order valence-electron chi connectivity index (χ2n) is 4.59. The molecule has 1 aromatic rings. The fraction of sp³-hybridized carbons (Fsp3) is 0.500. The van der Waals surface area contributed by atoms with Gasteiger partial charge in [-0.15, -0.1) is 11.3 Å². The maximum absolute atomic E-state index is 11.7. The van der Waals surface area contributed by atoms with Gasteiger partial charge in [0.15, 0.2) is 0 Å². The van der Waals surface area contributed by atoms with Crippen molar-refractivity contribution in [1.29, 1.82) is 0 Å². The Bertz CT molecular complexity index is 427. The fourth-order valence-electron chi connectivity index (χ4n) is 1.95. The SMILES string of the molecule is NC1CCN(CC(=O)NNC(=O)c2cccs2)CC1. The zero-order chi connectivity index (χ0) is 13.7. The summed E-state index contributed by atoms with van der Waals surface area (Å²) in [6, 6.07) is 3.74. The Morgan fingerprint density at radius 2 is 2.11 bits per heavy atom. The van der Waals surface area contributed by atoms with Gasteiger partial charge in [-0.25, -0.2) is 0 Å². The molecule has 0 unspecified atom stereocenters. The minimum Gasteiger partial charge on any atom is -0.328 e. The molecule has 0 aliphatic carbocycles. The third-order valence-electron chi connectivity index (χ3n) is 3.06. The van der Waals surface area contributed by atoms with E-state index in [-0.39, 0.29) is 24.4 Å². The van der Waals surface area contributed by atoms with Crippen LogP contribution in [-0.2, 0) is 4.79 Å². The number of piperidine rings is 1. The molecule has 2 amide bonds. The van der Waals surface area contributed by atoms with Crippen LogP contribution in [0.5, 0.6) is 0 Å². The Balaban J connectivity index is 1.69. The molecule has 6 nitrogen and oxygen atoms in total. The van der Waals surface area contributed by atoms with Gasteiger partial charge in [0, 0.05) is 19.1 Å². The van der Waals surface area contributed by atoms with Gasteiger partial charge in [0.25, 0.3) is 11.8 Å². The maximum Gasteiger partial charge on any atom is 0.279 e. The summed E-state index contributed by atoms with van der Waals surface area (Å²) < 4.78 is 0. The number of nitrogens with two attached hydrogens (primary N) is 1. The number of rotatable bonds is 3. The number of carbonyl (C=O) groups excluding carboxylic acids is 2. The Labute approximate surface area is 115 Å². The van der Waals surface area contributed by atoms with Gasteiger partial charge in [-0.2, -0.15) is 0 Å². The molecule has 0 radical (unpaired) electrons. The molecule has 2 heterocycles. The summed E-state index contributed by atoms with van der Waals surface area (Å²) in [5, 5.41) is 1.81. The molecule has 0 aromatic carbocycles. The Morgan fingerprint density at radius 3 is 2.74 bits per heavy atom. The van der Waals surface area contributed by atoms with Gasteiger partial charge in [0.1, 0.15) is 0 Å². The van der Waals surface area contributed by atoms with Crippen molar-refractivity contribution in [2.75, 3.05) is 19.6 Å². The van der Waals surface area contributed by atoms with Gasteiger partial charge in [-0.1, -0.05) is 6.07 Å². The molecule has 1 aliphatic heterocycles. The quantitative estimate of drug-likeness (QED) is 0.677. The number of carbonyl (C=O) groups is 2. The Hall–Kier alpha value is -1.44. The van der Waals surface area contributed by atoms with Crippen molar-refractivity contribution in [1.82, 2.24) is 15.8 Å². The first kappa shape index (κ1) is 14.0. The molecular formula is C12H18N4O2S. The van der Waals surface area contributed by atoms with Crippen molar-refractivity contribution in [2.24, 2.45) is 5.73 Å². The van der Waals surface area contributed by atoms with E-state index in [4.69, 9.17) is 5.73 Å². The molecule has 0 spiro atoms. The van der Waals surface area contributed by atoms with Gasteiger partial charge < -0.3 is 5.73 Å². The lowest BCUT2D eigenvalue weighted by Gasteiger charge is -2.29. The summed E-state index contributed by atoms with van der Waals surface area (Å²) in [7, 11) is 0. The highest BCUT2D eigenvalue weighted by molar-refractivity contribution is 7.12. The fourth-order valence-corrected chi connectivity index (χ4v) is 2.57. The third-order valence-corrected chi connectivity index (χ3v) is 3.93. The van der Waals surface area contributed by atoms with E-state index in [2.05, 4.69) is 10.9 Å². The highest BCUT2D eigenvalue weighted by Gasteiger charge is 2.18. The normalized spacial score (nSPS) is 17.1. The van der Waals surface area contributed by atoms with Crippen LogP contribution in [0.1, 0.15) is 22.5 Å². The van der Waals surface area contributed by atoms with Crippen LogP contribution in [0.2, 0.25) is 0 Å². The Morgan fingerprint density at radius 1 is 1.37 bits per heavy atom. The highest BCUT2D eigenvalue weighted by atomic mass is 32.1. The van der Waals surface area contributed by atoms with Crippen molar-refractivity contribution in [3.63, 3.8) is 0 Å². The minimum absolute atomic E-state index is 0.208. The van der Waals surface area contributed by atoms with Crippen molar-refractivity contribution in [3.05, 3.63) is 22.4 Å². The number of hydrogen-bond acceptors (Lipinski definition) is 5. The lowest BCUT2D eigenvalue weighted by molar-refractivity contribution is -0.123. The molecule has 19 heavy (non-hydrogen) atoms. The number of thiophene rings is 1. The summed E-state index contributed by atoms with van der Waals surface area (Å²) in [5.74, 6) is -0.496. The van der Waals surface area contributed by atoms with E-state index >= 15 is 0 Å². The monoisotopic (exact) mass is 282 g/mol. The lowest BCUT2D eigenvalue weighted by Crippen LogP contribution is -2.48. The summed E-state index contributed by atoms with van der Waals surface area (Å²) in [4.78, 5) is 25.9. The molecule has 0 atom stereocenters. The topological polar surface area (TPSA) is 87.5 Å². The largest absolute Gasteiger partial charge is 0.328 e. The van der Waals surface area contributed by atoms with E-state index in [9.17, 15) is 9.59 Å². The highest BCUT2D eigenvalue weighted by Crippen LogP contribution is 2.08. The first-order valence-corrected chi connectivity index (χ1v) is 7.14. The molecule has 1 saturated heterocycles. The van der Waals surface area contributed by atoms with Crippen molar-refractivity contribution >= 4 is 23.2 Å². The van der Waals surface area contributed by atoms with Crippen LogP contribution < -0.4 is 16.6 Å². The second-order valence-corrected chi connectivity index (χ2v) is 5.54. The smallest absolute Gasteiger partial charge is 0.279 e. The molecule has 0 bridgehead atoms. The average molecular weight is 282 g/mol. The number of nitrogens with one attached hydrogen (secondary N) is 2. The zero-order valence-corrected chi connectivity index (χ0v) is 11.4. The van der Waals surface area contributed by atoms with E-state index in [0.717, 1.165) is 25.9 Å². The molecular weight excluding hydrogens is 264 g/mol. The number of amides is 2. The Kier molecular flexibility index (Phi) is 4.89. The average Bonchev–Trinajstić information content (AvgIpc) is 2.93. The predicted octanol–water partition coefficient (Wildman–Crippen LogP) is -0.0678. The first-order valence-electron chi connectivity index (χ1n) is 6.26. The number of hydrogen-bond donors (Lipinski definition) is 3. The molecule has 1 aliphatic rings. The van der Waals surface area contributed by atoms with Gasteiger partial charge >= 0.3 is 0 Å². The van der Waals surface area contributed by atoms with Crippen LogP contribution in [0.3, 0.4) is 0 Å². The van der Waals surface area contributed by atoms with Crippen molar-refractivity contribution < 1.29 is 9.59 Å². The summed E-state index contributed by atoms with van der Waals surface area (Å²) >= 11 is 1.33. The van der Waals surface area contributed by atoms with Crippen LogP contribution in [0, 0.1) is 0 Å². The van der Waals surface area contributed by atoms with Crippen LogP contribution in [0.25, 0.3) is 0 Å². The molecule has 0 saturated carbocycles. The van der Waals surface area contributed by atoms with E-state index in [0.29, 0.717) is 4.88 Å². The molecule has 1 aromatic heterocycles. The molecule has 104 valence electrons. The standard InChI is InChI=1S/C12H18N4O2S/c13-9-3-5-16(6-4-9)8-11(17)14-15-12(18)10-2-1-7-19-10/h1-2,7,9H,3-6,8,13H2,(H,14,17)(H,15,18). The van der Waals surface area contributed by atoms with E-state index in [1.807, 2.05) is 10.3 Å². The molecule has 7 heteroatoms. The van der Waals surface area contributed by atoms with Gasteiger partial charge in [0.05, 0.1) is 11.4 Å². The van der Waals surface area contributed by atoms with Gasteiger partial charge in [0.2, 0.25) is 0 Å². The van der Waals surface area contributed by atoms with Gasteiger partial charge in [-0.3, -0.25) is 25.3 Å². The molecule has 2 rings (SSSR count). The molecule has 4 N–H and O–H groups in total. The van der Waals surface area contributed by atoms with Crippen molar-refractivity contribution in [2.45, 2.75) is 18.9 Å².